The molecule has 9 heavy (non-hydrogen) atoms. The van der Waals surface area contributed by atoms with Gasteiger partial charge in [-0.15, -0.1) is 0 Å². The standard InChI is InChI=1S/Lu.NO3.4H2O/c;2-1(3)4;;;;/h;;4*1H2/q;-1;;;;. The Morgan fingerprint density at radius 2 is 0.889 bits per heavy atom. The molecule has 0 amide bonds. The summed E-state index contributed by atoms with van der Waals surface area (Å²) in [6.45, 7) is 0. The van der Waals surface area contributed by atoms with Crippen LogP contribution < -0.4 is 0 Å². The van der Waals surface area contributed by atoms with Crippen LogP contribution in [0.5, 0.6) is 0 Å². The van der Waals surface area contributed by atoms with Crippen molar-refractivity contribution in [3.63, 3.8) is 0 Å². The van der Waals surface area contributed by atoms with Crippen molar-refractivity contribution in [2.24, 2.45) is 0 Å². The molecule has 0 atom stereocenters. The van der Waals surface area contributed by atoms with Crippen LogP contribution in [0.4, 0.5) is 0 Å². The van der Waals surface area contributed by atoms with E-state index in [0.29, 0.717) is 0 Å². The quantitative estimate of drug-likeness (QED) is 0.331. The van der Waals surface area contributed by atoms with Gasteiger partial charge in [0.1, 0.15) is 0 Å². The molecule has 0 bridgehead atoms. The molecule has 0 aromatic carbocycles. The predicted octanol–water partition coefficient (Wildman–Crippen LogP) is -3.54. The summed E-state index contributed by atoms with van der Waals surface area (Å²) in [4.78, 5) is 8.25. The minimum Gasteiger partial charge on any atom is -0.412 e. The third-order valence-electron chi connectivity index (χ3n) is 0. The van der Waals surface area contributed by atoms with E-state index in [1.807, 2.05) is 0 Å². The van der Waals surface area contributed by atoms with E-state index >= 15 is 0 Å². The van der Waals surface area contributed by atoms with E-state index in [1.165, 1.54) is 0 Å². The molecule has 71 valence electrons. The zero-order chi connectivity index (χ0) is 3.58. The third kappa shape index (κ3) is 4350. The molecule has 0 heterocycles. The molecule has 0 saturated heterocycles. The number of nitrogens with zero attached hydrogens (tertiary/aromatic N) is 1. The minimum atomic E-state index is -1.75. The molecule has 0 spiro atoms. The second-order valence-corrected chi connectivity index (χ2v) is 0.224. The first kappa shape index (κ1) is 59.2. The smallest absolute Gasteiger partial charge is 0.0689 e. The third-order valence-corrected chi connectivity index (χ3v) is 0. The summed E-state index contributed by atoms with van der Waals surface area (Å²) in [5, 5.41) is 14.8. The van der Waals surface area contributed by atoms with Gasteiger partial charge in [-0.05, 0) is 0 Å². The van der Waals surface area contributed by atoms with Crippen molar-refractivity contribution in [3.05, 3.63) is 15.3 Å². The maximum Gasteiger partial charge on any atom is 0.0689 e. The first-order valence-electron chi connectivity index (χ1n) is 0.548. The van der Waals surface area contributed by atoms with Gasteiger partial charge in [0.15, 0.2) is 0 Å². The largest absolute Gasteiger partial charge is 0.412 e. The molecular formula is H8LuNO7-. The molecule has 0 aliphatic rings. The van der Waals surface area contributed by atoms with Crippen LogP contribution in [0.15, 0.2) is 0 Å². The van der Waals surface area contributed by atoms with Gasteiger partial charge < -0.3 is 37.2 Å². The van der Waals surface area contributed by atoms with Gasteiger partial charge >= 0.3 is 0 Å². The molecule has 0 saturated carbocycles. The fourth-order valence-electron chi connectivity index (χ4n) is 0. The Kier molecular flexibility index (Phi) is 269. The van der Waals surface area contributed by atoms with Crippen molar-refractivity contribution in [1.29, 1.82) is 0 Å². The van der Waals surface area contributed by atoms with E-state index in [1.54, 1.807) is 0 Å². The van der Waals surface area contributed by atoms with E-state index in [2.05, 4.69) is 0 Å². The molecule has 9 heteroatoms. The molecule has 0 unspecified atom stereocenters. The van der Waals surface area contributed by atoms with Crippen LogP contribution in [0, 0.1) is 52.2 Å². The van der Waals surface area contributed by atoms with Crippen LogP contribution in [-0.4, -0.2) is 27.0 Å². The number of rotatable bonds is 0. The molecule has 0 aromatic rings. The second-order valence-electron chi connectivity index (χ2n) is 0.224. The first-order chi connectivity index (χ1) is 1.73. The number of hydrogen-bond donors (Lipinski definition) is 0. The predicted molar refractivity (Wildman–Crippen MR) is 24.8 cm³/mol. The summed E-state index contributed by atoms with van der Waals surface area (Å²) < 4.78 is 0. The van der Waals surface area contributed by atoms with Crippen LogP contribution in [0.1, 0.15) is 0 Å². The Bertz CT molecular complexity index is 31.9. The summed E-state index contributed by atoms with van der Waals surface area (Å²) in [5.74, 6) is 0. The second kappa shape index (κ2) is 40.8. The molecule has 0 rings (SSSR count). The minimum absolute atomic E-state index is 0. The van der Waals surface area contributed by atoms with Crippen molar-refractivity contribution >= 4 is 0 Å². The van der Waals surface area contributed by atoms with Gasteiger partial charge in [-0.25, -0.2) is 0 Å². The average molecular weight is 309 g/mol. The van der Waals surface area contributed by atoms with Crippen LogP contribution in [-0.2, 0) is 0 Å². The van der Waals surface area contributed by atoms with Crippen LogP contribution >= 0.6 is 0 Å². The summed E-state index contributed by atoms with van der Waals surface area (Å²) in [6, 6.07) is 0. The molecule has 1 radical (unpaired) electrons. The topological polar surface area (TPSA) is 192 Å². The molecule has 8 N–H and O–H groups in total. The summed E-state index contributed by atoms with van der Waals surface area (Å²) in [6.07, 6.45) is 0. The fraction of sp³-hybridized carbons (Fsp3) is 0. The van der Waals surface area contributed by atoms with Gasteiger partial charge in [0, 0.05) is 36.9 Å². The molecule has 8 nitrogen and oxygen atoms in total. The monoisotopic (exact) mass is 309 g/mol. The van der Waals surface area contributed by atoms with E-state index in [0.717, 1.165) is 0 Å². The zero-order valence-electron chi connectivity index (χ0n) is 3.93. The van der Waals surface area contributed by atoms with Crippen molar-refractivity contribution in [1.82, 2.24) is 0 Å². The Morgan fingerprint density at radius 3 is 0.889 bits per heavy atom. The Balaban J connectivity index is -0.00000000450. The molecule has 0 aromatic heterocycles. The van der Waals surface area contributed by atoms with E-state index < -0.39 is 5.09 Å². The maximum atomic E-state index is 8.25. The molecular weight excluding hydrogens is 301 g/mol. The van der Waals surface area contributed by atoms with E-state index in [4.69, 9.17) is 15.3 Å². The van der Waals surface area contributed by atoms with Gasteiger partial charge in [0.05, 0.1) is 5.09 Å². The summed E-state index contributed by atoms with van der Waals surface area (Å²) in [5.41, 5.74) is 0. The summed E-state index contributed by atoms with van der Waals surface area (Å²) in [7, 11) is 0. The van der Waals surface area contributed by atoms with Crippen molar-refractivity contribution in [2.45, 2.75) is 0 Å². The Labute approximate surface area is 79.0 Å². The molecule has 0 fully saturated rings. The first-order valence-corrected chi connectivity index (χ1v) is 0.548. The van der Waals surface area contributed by atoms with Crippen LogP contribution in [0.3, 0.4) is 0 Å². The SMILES string of the molecule is O.O.O.O.O=[N+]([O-])[O-].[Lu]. The van der Waals surface area contributed by atoms with Gasteiger partial charge in [0.25, 0.3) is 0 Å². The van der Waals surface area contributed by atoms with Gasteiger partial charge in [0.2, 0.25) is 0 Å². The maximum absolute atomic E-state index is 8.25. The fourth-order valence-corrected chi connectivity index (χ4v) is 0. The van der Waals surface area contributed by atoms with E-state index in [-0.39, 0.29) is 58.8 Å². The Morgan fingerprint density at radius 1 is 0.889 bits per heavy atom. The van der Waals surface area contributed by atoms with Gasteiger partial charge in [-0.3, -0.25) is 0 Å². The van der Waals surface area contributed by atoms with Crippen molar-refractivity contribution in [3.8, 4) is 0 Å². The molecule has 0 aliphatic carbocycles. The molecule has 0 aliphatic heterocycles. The van der Waals surface area contributed by atoms with Crippen molar-refractivity contribution < 1.29 is 63.9 Å². The summed E-state index contributed by atoms with van der Waals surface area (Å²) >= 11 is 0. The number of hydrogen-bond acceptors (Lipinski definition) is 3. The zero-order valence-corrected chi connectivity index (χ0v) is 5.59. The average Bonchev–Trinajstić information content (AvgIpc) is 0.811. The van der Waals surface area contributed by atoms with Gasteiger partial charge in [-0.2, -0.15) is 0 Å². The van der Waals surface area contributed by atoms with Gasteiger partial charge in [-0.1, -0.05) is 0 Å². The van der Waals surface area contributed by atoms with Crippen LogP contribution in [0.25, 0.3) is 0 Å². The van der Waals surface area contributed by atoms with Crippen LogP contribution in [0.2, 0.25) is 0 Å². The van der Waals surface area contributed by atoms with Crippen molar-refractivity contribution in [2.75, 3.05) is 0 Å². The normalized spacial score (nSPS) is 2.67. The van der Waals surface area contributed by atoms with E-state index in [9.17, 15) is 0 Å². The Hall–Kier alpha value is 0.274.